The third kappa shape index (κ3) is 7.45. The number of methoxy groups -OCH3 is 1. The number of carbonyl (C=O) groups is 1. The second-order valence-electron chi connectivity index (χ2n) is 9.19. The van der Waals surface area contributed by atoms with Crippen molar-refractivity contribution in [1.82, 2.24) is 9.80 Å². The van der Waals surface area contributed by atoms with Gasteiger partial charge in [0.15, 0.2) is 0 Å². The third-order valence-electron chi connectivity index (χ3n) is 6.27. The van der Waals surface area contributed by atoms with E-state index in [-0.39, 0.29) is 12.5 Å². The Kier molecular flexibility index (Phi) is 9.74. The summed E-state index contributed by atoms with van der Waals surface area (Å²) in [4.78, 5) is 16.3. The standard InChI is InChI=1S/C27H38N2O5/c1-28(2)27(32)22-11-12-26-21(17-22)9-5-4-6-14-29(15-13-24(30)25(31)19-34-26)18-20-8-7-10-23(16-20)33-3/h7-8,10-12,16-17,24-25,30-31H,4-6,9,13-15,18-19H2,1-3H3/t24-,25+/m0/s1. The molecule has 1 aliphatic heterocycles. The Balaban J connectivity index is 1.71. The van der Waals surface area contributed by atoms with Crippen LogP contribution in [-0.2, 0) is 13.0 Å². The highest BCUT2D eigenvalue weighted by Crippen LogP contribution is 2.24. The van der Waals surface area contributed by atoms with Gasteiger partial charge in [0, 0.05) is 32.7 Å². The number of amides is 1. The predicted molar refractivity (Wildman–Crippen MR) is 132 cm³/mol. The van der Waals surface area contributed by atoms with Crippen molar-refractivity contribution in [2.75, 3.05) is 40.9 Å². The summed E-state index contributed by atoms with van der Waals surface area (Å²) in [5, 5.41) is 21.1. The Labute approximate surface area is 202 Å². The molecule has 7 nitrogen and oxygen atoms in total. The first-order valence-corrected chi connectivity index (χ1v) is 12.1. The number of carbonyl (C=O) groups excluding carboxylic acids is 1. The van der Waals surface area contributed by atoms with Crippen molar-refractivity contribution in [2.24, 2.45) is 0 Å². The SMILES string of the molecule is COc1cccc(CN2CCCCCc3cc(C(=O)N(C)C)ccc3OC[C@@H](O)[C@@H](O)CC2)c1. The maximum Gasteiger partial charge on any atom is 0.253 e. The van der Waals surface area contributed by atoms with Crippen LogP contribution in [0.2, 0.25) is 0 Å². The molecule has 0 saturated carbocycles. The minimum absolute atomic E-state index is 0.00498. The lowest BCUT2D eigenvalue weighted by Gasteiger charge is -2.26. The number of benzene rings is 2. The fourth-order valence-electron chi connectivity index (χ4n) is 4.23. The molecular formula is C27H38N2O5. The number of aryl methyl sites for hydroxylation is 1. The van der Waals surface area contributed by atoms with Crippen molar-refractivity contribution in [3.8, 4) is 11.5 Å². The topological polar surface area (TPSA) is 82.5 Å². The summed E-state index contributed by atoms with van der Waals surface area (Å²) in [5.74, 6) is 1.45. The molecule has 1 amide bonds. The minimum atomic E-state index is -0.988. The number of fused-ring (bicyclic) bond motifs is 1. The zero-order valence-electron chi connectivity index (χ0n) is 20.6. The molecule has 1 aliphatic rings. The van der Waals surface area contributed by atoms with Crippen molar-refractivity contribution in [2.45, 2.75) is 50.9 Å². The quantitative estimate of drug-likeness (QED) is 0.715. The van der Waals surface area contributed by atoms with Crippen LogP contribution in [0.1, 0.15) is 47.2 Å². The molecule has 34 heavy (non-hydrogen) atoms. The van der Waals surface area contributed by atoms with E-state index in [4.69, 9.17) is 9.47 Å². The van der Waals surface area contributed by atoms with Gasteiger partial charge >= 0.3 is 0 Å². The predicted octanol–water partition coefficient (Wildman–Crippen LogP) is 3.12. The van der Waals surface area contributed by atoms with E-state index in [1.165, 1.54) is 0 Å². The van der Waals surface area contributed by atoms with Crippen LogP contribution >= 0.6 is 0 Å². The maximum absolute atomic E-state index is 12.4. The van der Waals surface area contributed by atoms with Crippen LogP contribution in [0.25, 0.3) is 0 Å². The summed E-state index contributed by atoms with van der Waals surface area (Å²) in [6, 6.07) is 13.5. The van der Waals surface area contributed by atoms with E-state index in [2.05, 4.69) is 11.0 Å². The van der Waals surface area contributed by atoms with Crippen LogP contribution in [-0.4, -0.2) is 79.0 Å². The molecule has 7 heteroatoms. The molecule has 2 N–H and O–H groups in total. The van der Waals surface area contributed by atoms with Crippen LogP contribution < -0.4 is 9.47 Å². The van der Waals surface area contributed by atoms with Crippen LogP contribution in [0.5, 0.6) is 11.5 Å². The van der Waals surface area contributed by atoms with Gasteiger partial charge in [0.1, 0.15) is 24.2 Å². The highest BCUT2D eigenvalue weighted by atomic mass is 16.5. The lowest BCUT2D eigenvalue weighted by Crippen LogP contribution is -2.36. The van der Waals surface area contributed by atoms with Gasteiger partial charge in [-0.2, -0.15) is 0 Å². The number of ether oxygens (including phenoxy) is 2. The smallest absolute Gasteiger partial charge is 0.253 e. The number of hydrogen-bond donors (Lipinski definition) is 2. The normalized spacial score (nSPS) is 20.5. The second-order valence-corrected chi connectivity index (χ2v) is 9.19. The van der Waals surface area contributed by atoms with Crippen LogP contribution in [0, 0.1) is 0 Å². The molecule has 2 aromatic rings. The molecule has 0 saturated heterocycles. The molecule has 2 atom stereocenters. The van der Waals surface area contributed by atoms with Gasteiger partial charge in [0.05, 0.1) is 13.2 Å². The molecule has 1 heterocycles. The summed E-state index contributed by atoms with van der Waals surface area (Å²) in [6.45, 7) is 2.35. The van der Waals surface area contributed by atoms with Crippen LogP contribution in [0.4, 0.5) is 0 Å². The maximum atomic E-state index is 12.4. The lowest BCUT2D eigenvalue weighted by molar-refractivity contribution is -0.0163. The Morgan fingerprint density at radius 1 is 1.09 bits per heavy atom. The number of aliphatic hydroxyl groups excluding tert-OH is 2. The van der Waals surface area contributed by atoms with E-state index in [0.29, 0.717) is 24.3 Å². The number of nitrogens with zero attached hydrogens (tertiary/aromatic N) is 2. The van der Waals surface area contributed by atoms with Crippen LogP contribution in [0.15, 0.2) is 42.5 Å². The molecule has 0 radical (unpaired) electrons. The molecule has 3 rings (SSSR count). The number of hydrogen-bond acceptors (Lipinski definition) is 6. The van der Waals surface area contributed by atoms with Crippen molar-refractivity contribution in [3.05, 3.63) is 59.2 Å². The van der Waals surface area contributed by atoms with Gasteiger partial charge in [-0.3, -0.25) is 9.69 Å². The van der Waals surface area contributed by atoms with Gasteiger partial charge in [-0.15, -0.1) is 0 Å². The monoisotopic (exact) mass is 470 g/mol. The molecule has 0 unspecified atom stereocenters. The van der Waals surface area contributed by atoms with Gasteiger partial charge in [0.2, 0.25) is 0 Å². The fraction of sp³-hybridized carbons (Fsp3) is 0.519. The van der Waals surface area contributed by atoms with Crippen molar-refractivity contribution >= 4 is 5.91 Å². The first-order chi connectivity index (χ1) is 16.4. The summed E-state index contributed by atoms with van der Waals surface area (Å²) in [7, 11) is 5.14. The summed E-state index contributed by atoms with van der Waals surface area (Å²) < 4.78 is 11.2. The third-order valence-corrected chi connectivity index (χ3v) is 6.27. The second kappa shape index (κ2) is 12.7. The zero-order valence-corrected chi connectivity index (χ0v) is 20.6. The average molecular weight is 471 g/mol. The summed E-state index contributed by atoms with van der Waals surface area (Å²) >= 11 is 0. The van der Waals surface area contributed by atoms with E-state index in [0.717, 1.165) is 55.6 Å². The largest absolute Gasteiger partial charge is 0.497 e. The molecule has 0 bridgehead atoms. The average Bonchev–Trinajstić information content (AvgIpc) is 2.84. The molecular weight excluding hydrogens is 432 g/mol. The Morgan fingerprint density at radius 3 is 2.68 bits per heavy atom. The first kappa shape index (κ1) is 26.0. The fourth-order valence-corrected chi connectivity index (χ4v) is 4.23. The van der Waals surface area contributed by atoms with Gasteiger partial charge in [-0.05, 0) is 73.7 Å². The van der Waals surface area contributed by atoms with E-state index < -0.39 is 12.2 Å². The van der Waals surface area contributed by atoms with E-state index in [1.54, 1.807) is 38.2 Å². The molecule has 186 valence electrons. The zero-order chi connectivity index (χ0) is 24.5. The van der Waals surface area contributed by atoms with E-state index >= 15 is 0 Å². The van der Waals surface area contributed by atoms with Gasteiger partial charge in [-0.1, -0.05) is 18.6 Å². The van der Waals surface area contributed by atoms with E-state index in [9.17, 15) is 15.0 Å². The summed E-state index contributed by atoms with van der Waals surface area (Å²) in [5.41, 5.74) is 2.74. The number of aliphatic hydroxyl groups is 2. The van der Waals surface area contributed by atoms with Gasteiger partial charge < -0.3 is 24.6 Å². The Bertz CT molecular complexity index is 933. The first-order valence-electron chi connectivity index (χ1n) is 12.1. The molecule has 0 aromatic heterocycles. The Hall–Kier alpha value is -2.61. The molecule has 0 aliphatic carbocycles. The Morgan fingerprint density at radius 2 is 1.91 bits per heavy atom. The molecule has 0 spiro atoms. The van der Waals surface area contributed by atoms with Gasteiger partial charge in [-0.25, -0.2) is 0 Å². The van der Waals surface area contributed by atoms with Crippen LogP contribution in [0.3, 0.4) is 0 Å². The number of rotatable bonds is 4. The van der Waals surface area contributed by atoms with Gasteiger partial charge in [0.25, 0.3) is 5.91 Å². The van der Waals surface area contributed by atoms with Crippen molar-refractivity contribution < 1.29 is 24.5 Å². The van der Waals surface area contributed by atoms with E-state index in [1.807, 2.05) is 24.3 Å². The highest BCUT2D eigenvalue weighted by molar-refractivity contribution is 5.94. The lowest BCUT2D eigenvalue weighted by atomic mass is 10.0. The molecule has 0 fully saturated rings. The molecule has 2 aromatic carbocycles. The highest BCUT2D eigenvalue weighted by Gasteiger charge is 2.20. The van der Waals surface area contributed by atoms with Crippen molar-refractivity contribution in [1.29, 1.82) is 0 Å². The minimum Gasteiger partial charge on any atom is -0.497 e. The van der Waals surface area contributed by atoms with Crippen molar-refractivity contribution in [3.63, 3.8) is 0 Å². The summed E-state index contributed by atoms with van der Waals surface area (Å²) in [6.07, 6.45) is 2.43.